The van der Waals surface area contributed by atoms with E-state index in [2.05, 4.69) is 25.4 Å². The van der Waals surface area contributed by atoms with Crippen molar-refractivity contribution in [1.82, 2.24) is 25.4 Å². The van der Waals surface area contributed by atoms with E-state index in [1.807, 2.05) is 31.2 Å². The van der Waals surface area contributed by atoms with Gasteiger partial charge in [-0.05, 0) is 12.5 Å². The van der Waals surface area contributed by atoms with Crippen LogP contribution in [0.25, 0.3) is 22.6 Å². The molecule has 1 N–H and O–H groups in total. The molecule has 1 aromatic carbocycles. The highest BCUT2D eigenvalue weighted by Gasteiger charge is 2.06. The zero-order valence-corrected chi connectivity index (χ0v) is 8.68. The first kappa shape index (κ1) is 8.96. The Morgan fingerprint density at radius 1 is 1.19 bits per heavy atom. The Morgan fingerprint density at radius 2 is 2.06 bits per heavy atom. The minimum Gasteiger partial charge on any atom is -0.254 e. The van der Waals surface area contributed by atoms with E-state index >= 15 is 0 Å². The molecule has 0 aliphatic rings. The Balaban J connectivity index is 2.22. The molecule has 5 nitrogen and oxygen atoms in total. The number of hydrogen-bond acceptors (Lipinski definition) is 4. The van der Waals surface area contributed by atoms with Crippen LogP contribution in [0, 0.1) is 6.92 Å². The van der Waals surface area contributed by atoms with Gasteiger partial charge in [-0.2, -0.15) is 0 Å². The normalized spacial score (nSPS) is 10.8. The fraction of sp³-hybridized carbons (Fsp3) is 0.0909. The Morgan fingerprint density at radius 3 is 2.94 bits per heavy atom. The summed E-state index contributed by atoms with van der Waals surface area (Å²) in [5, 5.41) is 10.3. The van der Waals surface area contributed by atoms with Crippen molar-refractivity contribution >= 4 is 11.2 Å². The van der Waals surface area contributed by atoms with Crippen molar-refractivity contribution in [3.8, 4) is 11.4 Å². The molecule has 2 aromatic heterocycles. The molecule has 0 unspecified atom stereocenters. The largest absolute Gasteiger partial charge is 0.254 e. The Hall–Kier alpha value is -2.30. The van der Waals surface area contributed by atoms with E-state index < -0.39 is 0 Å². The van der Waals surface area contributed by atoms with Crippen molar-refractivity contribution in [2.45, 2.75) is 6.92 Å². The van der Waals surface area contributed by atoms with Crippen LogP contribution in [0.2, 0.25) is 0 Å². The number of aryl methyl sites for hydroxylation is 1. The van der Waals surface area contributed by atoms with Gasteiger partial charge in [0.2, 0.25) is 5.65 Å². The summed E-state index contributed by atoms with van der Waals surface area (Å²) >= 11 is 0. The number of H-pyrrole nitrogens is 1. The van der Waals surface area contributed by atoms with Gasteiger partial charge in [0.1, 0.15) is 5.52 Å². The number of nitrogens with zero attached hydrogens (tertiary/aromatic N) is 4. The van der Waals surface area contributed by atoms with Crippen molar-refractivity contribution in [3.63, 3.8) is 0 Å². The molecule has 16 heavy (non-hydrogen) atoms. The second-order valence-electron chi connectivity index (χ2n) is 3.56. The third-order valence-corrected chi connectivity index (χ3v) is 2.47. The standard InChI is InChI=1S/C11H9N5/c1-7-4-2-3-5-8(7)10-12-6-9-11(13-10)15-16-14-9/h2-6H,1H3,(H,12,13,14,15,16). The molecule has 0 saturated heterocycles. The number of rotatable bonds is 1. The molecule has 78 valence electrons. The molecule has 0 fully saturated rings. The van der Waals surface area contributed by atoms with Gasteiger partial charge in [-0.1, -0.05) is 29.5 Å². The predicted octanol–water partition coefficient (Wildman–Crippen LogP) is 1.72. The molecular weight excluding hydrogens is 202 g/mol. The van der Waals surface area contributed by atoms with Gasteiger partial charge in [0.15, 0.2) is 5.82 Å². The minimum atomic E-state index is 0.591. The molecule has 0 spiro atoms. The summed E-state index contributed by atoms with van der Waals surface area (Å²) in [5.74, 6) is 0.680. The van der Waals surface area contributed by atoms with Gasteiger partial charge >= 0.3 is 0 Å². The van der Waals surface area contributed by atoms with Crippen LogP contribution in [-0.2, 0) is 0 Å². The maximum Gasteiger partial charge on any atom is 0.205 e. The summed E-state index contributed by atoms with van der Waals surface area (Å²) in [4.78, 5) is 8.64. The highest BCUT2D eigenvalue weighted by molar-refractivity contribution is 5.71. The fourth-order valence-electron chi connectivity index (χ4n) is 1.61. The van der Waals surface area contributed by atoms with E-state index in [1.165, 1.54) is 0 Å². The van der Waals surface area contributed by atoms with Crippen LogP contribution in [0.15, 0.2) is 30.5 Å². The van der Waals surface area contributed by atoms with Crippen LogP contribution in [0.4, 0.5) is 0 Å². The van der Waals surface area contributed by atoms with Gasteiger partial charge in [-0.3, -0.25) is 5.10 Å². The van der Waals surface area contributed by atoms with E-state index in [4.69, 9.17) is 0 Å². The van der Waals surface area contributed by atoms with Crippen LogP contribution >= 0.6 is 0 Å². The smallest absolute Gasteiger partial charge is 0.205 e. The molecular formula is C11H9N5. The number of hydrogen-bond donors (Lipinski definition) is 1. The van der Waals surface area contributed by atoms with Crippen LogP contribution in [0.5, 0.6) is 0 Å². The second-order valence-corrected chi connectivity index (χ2v) is 3.56. The maximum atomic E-state index is 4.35. The third kappa shape index (κ3) is 1.33. The fourth-order valence-corrected chi connectivity index (χ4v) is 1.61. The van der Waals surface area contributed by atoms with Crippen LogP contribution in [-0.4, -0.2) is 25.4 Å². The quantitative estimate of drug-likeness (QED) is 0.665. The van der Waals surface area contributed by atoms with Crippen molar-refractivity contribution in [2.75, 3.05) is 0 Å². The average Bonchev–Trinajstić information content (AvgIpc) is 2.76. The van der Waals surface area contributed by atoms with E-state index in [-0.39, 0.29) is 0 Å². The van der Waals surface area contributed by atoms with Crippen LogP contribution in [0.3, 0.4) is 0 Å². The summed E-state index contributed by atoms with van der Waals surface area (Å²) in [6.07, 6.45) is 1.70. The zero-order valence-electron chi connectivity index (χ0n) is 8.68. The summed E-state index contributed by atoms with van der Waals surface area (Å²) in [5.41, 5.74) is 3.50. The first-order valence-corrected chi connectivity index (χ1v) is 4.94. The molecule has 0 amide bonds. The van der Waals surface area contributed by atoms with Gasteiger partial charge in [-0.25, -0.2) is 9.97 Å². The lowest BCUT2D eigenvalue weighted by atomic mass is 10.1. The topological polar surface area (TPSA) is 67.3 Å². The second kappa shape index (κ2) is 3.37. The maximum absolute atomic E-state index is 4.35. The van der Waals surface area contributed by atoms with Gasteiger partial charge in [0.05, 0.1) is 6.20 Å². The number of benzene rings is 1. The lowest BCUT2D eigenvalue weighted by Crippen LogP contribution is -1.91. The van der Waals surface area contributed by atoms with E-state index in [9.17, 15) is 0 Å². The van der Waals surface area contributed by atoms with E-state index in [0.29, 0.717) is 11.5 Å². The lowest BCUT2D eigenvalue weighted by molar-refractivity contribution is 0.954. The molecule has 0 aliphatic carbocycles. The molecule has 0 saturated carbocycles. The Bertz CT molecular complexity index is 643. The molecule has 5 heteroatoms. The minimum absolute atomic E-state index is 0.591. The predicted molar refractivity (Wildman–Crippen MR) is 59.7 cm³/mol. The van der Waals surface area contributed by atoms with Crippen molar-refractivity contribution in [1.29, 1.82) is 0 Å². The first-order chi connectivity index (χ1) is 7.84. The number of aromatic nitrogens is 5. The molecule has 0 atom stereocenters. The van der Waals surface area contributed by atoms with Gasteiger partial charge < -0.3 is 0 Å². The number of nitrogens with one attached hydrogen (secondary N) is 1. The number of aromatic amines is 1. The molecule has 0 aliphatic heterocycles. The van der Waals surface area contributed by atoms with E-state index in [1.54, 1.807) is 6.20 Å². The van der Waals surface area contributed by atoms with Gasteiger partial charge in [0, 0.05) is 5.56 Å². The molecule has 0 bridgehead atoms. The van der Waals surface area contributed by atoms with Crippen LogP contribution < -0.4 is 0 Å². The van der Waals surface area contributed by atoms with Crippen molar-refractivity contribution in [2.24, 2.45) is 0 Å². The summed E-state index contributed by atoms with van der Waals surface area (Å²) in [6.45, 7) is 2.03. The summed E-state index contributed by atoms with van der Waals surface area (Å²) < 4.78 is 0. The van der Waals surface area contributed by atoms with Gasteiger partial charge in [0.25, 0.3) is 0 Å². The van der Waals surface area contributed by atoms with Crippen molar-refractivity contribution < 1.29 is 0 Å². The Labute approximate surface area is 91.6 Å². The lowest BCUT2D eigenvalue weighted by Gasteiger charge is -2.02. The average molecular weight is 211 g/mol. The summed E-state index contributed by atoms with van der Waals surface area (Å²) in [7, 11) is 0. The molecule has 3 rings (SSSR count). The molecule has 3 aromatic rings. The van der Waals surface area contributed by atoms with E-state index in [0.717, 1.165) is 16.6 Å². The van der Waals surface area contributed by atoms with Gasteiger partial charge in [-0.15, -0.1) is 5.10 Å². The first-order valence-electron chi connectivity index (χ1n) is 4.94. The number of fused-ring (bicyclic) bond motifs is 1. The highest BCUT2D eigenvalue weighted by Crippen LogP contribution is 2.19. The van der Waals surface area contributed by atoms with Crippen molar-refractivity contribution in [3.05, 3.63) is 36.0 Å². The molecule has 2 heterocycles. The monoisotopic (exact) mass is 211 g/mol. The molecule has 0 radical (unpaired) electrons. The zero-order chi connectivity index (χ0) is 11.0. The highest BCUT2D eigenvalue weighted by atomic mass is 15.3. The third-order valence-electron chi connectivity index (χ3n) is 2.47. The Kier molecular flexibility index (Phi) is 1.89. The van der Waals surface area contributed by atoms with Crippen LogP contribution in [0.1, 0.15) is 5.56 Å². The SMILES string of the molecule is Cc1ccccc1-c1ncc2[nH]nnc2n1. The summed E-state index contributed by atoms with van der Waals surface area (Å²) in [6, 6.07) is 7.99.